The van der Waals surface area contributed by atoms with Gasteiger partial charge in [0.25, 0.3) is 10.0 Å². The zero-order chi connectivity index (χ0) is 21.7. The van der Waals surface area contributed by atoms with Crippen molar-refractivity contribution >= 4 is 21.6 Å². The minimum atomic E-state index is -3.89. The molecule has 0 spiro atoms. The SMILES string of the molecule is Cc1ccc(S(=O)(=O)N(CC(=O)N(C)Cc2ccccc2C)c2ccccc2)cc1. The molecular formula is C24H26N2O3S. The Morgan fingerprint density at radius 2 is 1.43 bits per heavy atom. The Kier molecular flexibility index (Phi) is 6.57. The standard InChI is InChI=1S/C24H26N2O3S/c1-19-13-15-23(16-14-19)30(28,29)26(22-11-5-4-6-12-22)18-24(27)25(3)17-21-10-8-7-9-20(21)2/h4-16H,17-18H2,1-3H3. The molecule has 1 amide bonds. The van der Waals surface area contributed by atoms with E-state index in [0.29, 0.717) is 12.2 Å². The zero-order valence-corrected chi connectivity index (χ0v) is 18.3. The number of benzene rings is 3. The molecule has 30 heavy (non-hydrogen) atoms. The normalized spacial score (nSPS) is 11.2. The van der Waals surface area contributed by atoms with Gasteiger partial charge >= 0.3 is 0 Å². The summed E-state index contributed by atoms with van der Waals surface area (Å²) in [4.78, 5) is 14.7. The van der Waals surface area contributed by atoms with Crippen LogP contribution in [0.1, 0.15) is 16.7 Å². The third-order valence-electron chi connectivity index (χ3n) is 5.03. The van der Waals surface area contributed by atoms with E-state index < -0.39 is 10.0 Å². The molecule has 0 unspecified atom stereocenters. The lowest BCUT2D eigenvalue weighted by atomic mass is 10.1. The molecule has 0 aliphatic carbocycles. The summed E-state index contributed by atoms with van der Waals surface area (Å²) in [6.07, 6.45) is 0. The van der Waals surface area contributed by atoms with Crippen molar-refractivity contribution < 1.29 is 13.2 Å². The maximum Gasteiger partial charge on any atom is 0.264 e. The molecule has 0 aliphatic rings. The summed E-state index contributed by atoms with van der Waals surface area (Å²) in [6.45, 7) is 4.03. The molecule has 6 heteroatoms. The number of hydrogen-bond acceptors (Lipinski definition) is 3. The van der Waals surface area contributed by atoms with Gasteiger partial charge in [-0.3, -0.25) is 9.10 Å². The number of carbonyl (C=O) groups is 1. The van der Waals surface area contributed by atoms with Crippen molar-refractivity contribution in [2.45, 2.75) is 25.3 Å². The Bertz CT molecular complexity index is 1110. The van der Waals surface area contributed by atoms with Crippen LogP contribution in [-0.4, -0.2) is 32.8 Å². The van der Waals surface area contributed by atoms with Crippen LogP contribution in [0, 0.1) is 13.8 Å². The van der Waals surface area contributed by atoms with Crippen LogP contribution in [-0.2, 0) is 21.4 Å². The molecule has 3 aromatic rings. The monoisotopic (exact) mass is 422 g/mol. The molecule has 3 rings (SSSR count). The Labute approximate surface area is 178 Å². The molecule has 0 atom stereocenters. The van der Waals surface area contributed by atoms with Gasteiger partial charge in [0.1, 0.15) is 6.54 Å². The van der Waals surface area contributed by atoms with Crippen molar-refractivity contribution in [3.63, 3.8) is 0 Å². The average molecular weight is 423 g/mol. The quantitative estimate of drug-likeness (QED) is 0.575. The Morgan fingerprint density at radius 1 is 0.833 bits per heavy atom. The molecule has 0 radical (unpaired) electrons. The average Bonchev–Trinajstić information content (AvgIpc) is 2.74. The second kappa shape index (κ2) is 9.13. The summed E-state index contributed by atoms with van der Waals surface area (Å²) in [5.41, 5.74) is 3.54. The van der Waals surface area contributed by atoms with Crippen LogP contribution in [0.2, 0.25) is 0 Å². The minimum Gasteiger partial charge on any atom is -0.340 e. The first-order valence-corrected chi connectivity index (χ1v) is 11.2. The fourth-order valence-corrected chi connectivity index (χ4v) is 4.54. The van der Waals surface area contributed by atoms with Crippen molar-refractivity contribution in [2.24, 2.45) is 0 Å². The molecule has 0 saturated carbocycles. The van der Waals surface area contributed by atoms with Gasteiger partial charge in [-0.2, -0.15) is 0 Å². The van der Waals surface area contributed by atoms with Gasteiger partial charge in [-0.1, -0.05) is 60.2 Å². The largest absolute Gasteiger partial charge is 0.340 e. The van der Waals surface area contributed by atoms with Crippen molar-refractivity contribution in [3.05, 3.63) is 95.6 Å². The van der Waals surface area contributed by atoms with Gasteiger partial charge in [-0.15, -0.1) is 0 Å². The highest BCUT2D eigenvalue weighted by atomic mass is 32.2. The number of rotatable bonds is 7. The number of aryl methyl sites for hydroxylation is 2. The highest BCUT2D eigenvalue weighted by Crippen LogP contribution is 2.24. The lowest BCUT2D eigenvalue weighted by molar-refractivity contribution is -0.128. The fourth-order valence-electron chi connectivity index (χ4n) is 3.12. The number of anilines is 1. The molecule has 3 aromatic carbocycles. The van der Waals surface area contributed by atoms with E-state index in [1.165, 1.54) is 4.31 Å². The Hall–Kier alpha value is -3.12. The highest BCUT2D eigenvalue weighted by molar-refractivity contribution is 7.92. The number of carbonyl (C=O) groups excluding carboxylic acids is 1. The van der Waals surface area contributed by atoms with Crippen LogP contribution in [0.3, 0.4) is 0 Å². The molecule has 5 nitrogen and oxygen atoms in total. The number of hydrogen-bond donors (Lipinski definition) is 0. The van der Waals surface area contributed by atoms with Gasteiger partial charge in [-0.05, 0) is 49.2 Å². The summed E-state index contributed by atoms with van der Waals surface area (Å²) in [5, 5.41) is 0. The van der Waals surface area contributed by atoms with E-state index in [0.717, 1.165) is 16.7 Å². The van der Waals surface area contributed by atoms with Gasteiger partial charge in [0.05, 0.1) is 10.6 Å². The van der Waals surface area contributed by atoms with Crippen molar-refractivity contribution in [2.75, 3.05) is 17.9 Å². The van der Waals surface area contributed by atoms with E-state index in [2.05, 4.69) is 0 Å². The number of sulfonamides is 1. The number of amides is 1. The first-order valence-electron chi connectivity index (χ1n) is 9.72. The maximum atomic E-state index is 13.4. The molecule has 0 aromatic heterocycles. The van der Waals surface area contributed by atoms with Crippen molar-refractivity contribution in [1.82, 2.24) is 4.90 Å². The molecule has 0 bridgehead atoms. The second-order valence-corrected chi connectivity index (χ2v) is 9.20. The minimum absolute atomic E-state index is 0.159. The first-order chi connectivity index (χ1) is 14.3. The topological polar surface area (TPSA) is 57.7 Å². The number of likely N-dealkylation sites (N-methyl/N-ethyl adjacent to an activating group) is 1. The Morgan fingerprint density at radius 3 is 2.07 bits per heavy atom. The third-order valence-corrected chi connectivity index (χ3v) is 6.81. The van der Waals surface area contributed by atoms with E-state index >= 15 is 0 Å². The van der Waals surface area contributed by atoms with Crippen LogP contribution in [0.25, 0.3) is 0 Å². The predicted octanol–water partition coefficient (Wildman–Crippen LogP) is 4.16. The van der Waals surface area contributed by atoms with Gasteiger partial charge in [0.2, 0.25) is 5.91 Å². The van der Waals surface area contributed by atoms with Gasteiger partial charge in [-0.25, -0.2) is 8.42 Å². The molecule has 156 valence electrons. The first kappa shape index (κ1) is 21.6. The summed E-state index contributed by atoms with van der Waals surface area (Å²) in [6, 6.07) is 23.2. The molecule has 0 saturated heterocycles. The zero-order valence-electron chi connectivity index (χ0n) is 17.4. The van der Waals surface area contributed by atoms with Crippen LogP contribution >= 0.6 is 0 Å². The maximum absolute atomic E-state index is 13.4. The second-order valence-electron chi connectivity index (χ2n) is 7.34. The lowest BCUT2D eigenvalue weighted by Gasteiger charge is -2.27. The summed E-state index contributed by atoms with van der Waals surface area (Å²) < 4.78 is 27.9. The Balaban J connectivity index is 1.89. The van der Waals surface area contributed by atoms with Crippen LogP contribution in [0.5, 0.6) is 0 Å². The lowest BCUT2D eigenvalue weighted by Crippen LogP contribution is -2.41. The van der Waals surface area contributed by atoms with Crippen LogP contribution in [0.15, 0.2) is 83.8 Å². The molecule has 0 fully saturated rings. The number of para-hydroxylation sites is 1. The van der Waals surface area contributed by atoms with Crippen molar-refractivity contribution in [3.8, 4) is 0 Å². The van der Waals surface area contributed by atoms with E-state index in [4.69, 9.17) is 0 Å². The van der Waals surface area contributed by atoms with E-state index in [1.807, 2.05) is 44.2 Å². The van der Waals surface area contributed by atoms with Gasteiger partial charge in [0.15, 0.2) is 0 Å². The van der Waals surface area contributed by atoms with E-state index in [9.17, 15) is 13.2 Å². The van der Waals surface area contributed by atoms with Crippen molar-refractivity contribution in [1.29, 1.82) is 0 Å². The van der Waals surface area contributed by atoms with E-state index in [1.54, 1.807) is 60.5 Å². The highest BCUT2D eigenvalue weighted by Gasteiger charge is 2.28. The number of nitrogens with zero attached hydrogens (tertiary/aromatic N) is 2. The van der Waals surface area contributed by atoms with Crippen LogP contribution in [0.4, 0.5) is 5.69 Å². The van der Waals surface area contributed by atoms with E-state index in [-0.39, 0.29) is 17.3 Å². The van der Waals surface area contributed by atoms with Crippen LogP contribution < -0.4 is 4.31 Å². The summed E-state index contributed by atoms with van der Waals surface area (Å²) in [7, 11) is -2.20. The predicted molar refractivity (Wildman–Crippen MR) is 120 cm³/mol. The molecule has 0 heterocycles. The third kappa shape index (κ3) is 4.89. The summed E-state index contributed by atoms with van der Waals surface area (Å²) >= 11 is 0. The smallest absolute Gasteiger partial charge is 0.264 e. The molecule has 0 N–H and O–H groups in total. The fraction of sp³-hybridized carbons (Fsp3) is 0.208. The van der Waals surface area contributed by atoms with Gasteiger partial charge in [0, 0.05) is 13.6 Å². The summed E-state index contributed by atoms with van der Waals surface area (Å²) in [5.74, 6) is -0.280. The molecule has 0 aliphatic heterocycles. The van der Waals surface area contributed by atoms with Gasteiger partial charge < -0.3 is 4.90 Å². The molecular weight excluding hydrogens is 396 g/mol.